The highest BCUT2D eigenvalue weighted by atomic mass is 35.5. The molecule has 0 spiro atoms. The Kier molecular flexibility index (Phi) is 5.10. The fourth-order valence-electron chi connectivity index (χ4n) is 2.41. The number of aromatic nitrogens is 5. The fraction of sp³-hybridized carbons (Fsp3) is 0.375. The first-order chi connectivity index (χ1) is 12.4. The van der Waals surface area contributed by atoms with Crippen LogP contribution in [0.4, 0.5) is 23.1 Å². The molecule has 0 aliphatic carbocycles. The van der Waals surface area contributed by atoms with E-state index in [0.717, 1.165) is 0 Å². The Morgan fingerprint density at radius 3 is 2.73 bits per heavy atom. The number of anilines is 4. The van der Waals surface area contributed by atoms with Crippen LogP contribution in [0.2, 0.25) is 5.02 Å². The van der Waals surface area contributed by atoms with Gasteiger partial charge in [-0.3, -0.25) is 0 Å². The second kappa shape index (κ2) is 7.30. The van der Waals surface area contributed by atoms with Crippen molar-refractivity contribution in [2.75, 3.05) is 23.0 Å². The van der Waals surface area contributed by atoms with Crippen molar-refractivity contribution in [2.45, 2.75) is 19.9 Å². The molecule has 26 heavy (non-hydrogen) atoms. The van der Waals surface area contributed by atoms with E-state index >= 15 is 0 Å². The highest BCUT2D eigenvalue weighted by Gasteiger charge is 2.18. The molecule has 0 aliphatic rings. The second-order valence-electron chi connectivity index (χ2n) is 6.32. The minimum absolute atomic E-state index is 0.0286. The van der Waals surface area contributed by atoms with Crippen LogP contribution in [0.25, 0.3) is 11.2 Å². The number of rotatable bonds is 6. The number of aliphatic hydroxyl groups excluding tert-OH is 1. The number of aryl methyl sites for hydroxylation is 1. The summed E-state index contributed by atoms with van der Waals surface area (Å²) in [6, 6.07) is 5.03. The third-order valence-electron chi connectivity index (χ3n) is 4.03. The molecule has 1 atom stereocenters. The maximum atomic E-state index is 9.56. The van der Waals surface area contributed by atoms with Crippen LogP contribution in [-0.2, 0) is 7.05 Å². The monoisotopic (exact) mass is 376 g/mol. The second-order valence-corrected chi connectivity index (χ2v) is 6.73. The Labute approximate surface area is 155 Å². The molecule has 0 fully saturated rings. The molecule has 1 aromatic carbocycles. The van der Waals surface area contributed by atoms with Gasteiger partial charge in [0.15, 0.2) is 17.0 Å². The standard InChI is InChI=1S/C16H21ClN8O/c1-8(2)12(7-26)20-16-21-14(13-15(22-16)25(3)24-23-13)19-9-4-5-10(17)11(18)6-9/h4-6,8,12,26H,7,18H2,1-3H3,(H2,19,20,21,22)/t12-/m0/s1. The van der Waals surface area contributed by atoms with E-state index in [1.54, 1.807) is 29.9 Å². The Bertz CT molecular complexity index is 926. The summed E-state index contributed by atoms with van der Waals surface area (Å²) in [5.74, 6) is 1.06. The third-order valence-corrected chi connectivity index (χ3v) is 4.37. The van der Waals surface area contributed by atoms with Crippen molar-refractivity contribution < 1.29 is 5.11 Å². The molecule has 0 amide bonds. The lowest BCUT2D eigenvalue weighted by molar-refractivity contribution is 0.248. The van der Waals surface area contributed by atoms with Crippen LogP contribution < -0.4 is 16.4 Å². The van der Waals surface area contributed by atoms with Crippen LogP contribution in [0.3, 0.4) is 0 Å². The summed E-state index contributed by atoms with van der Waals surface area (Å²) >= 11 is 5.97. The van der Waals surface area contributed by atoms with Crippen molar-refractivity contribution >= 4 is 45.9 Å². The van der Waals surface area contributed by atoms with Crippen molar-refractivity contribution in [1.82, 2.24) is 25.0 Å². The van der Waals surface area contributed by atoms with Gasteiger partial charge in [0, 0.05) is 12.7 Å². The summed E-state index contributed by atoms with van der Waals surface area (Å²) in [6.45, 7) is 3.99. The summed E-state index contributed by atoms with van der Waals surface area (Å²) in [6.07, 6.45) is 0. The molecule has 0 aliphatic heterocycles. The number of nitrogens with two attached hydrogens (primary N) is 1. The lowest BCUT2D eigenvalue weighted by Gasteiger charge is -2.20. The van der Waals surface area contributed by atoms with E-state index < -0.39 is 0 Å². The minimum atomic E-state index is -0.173. The fourth-order valence-corrected chi connectivity index (χ4v) is 2.53. The van der Waals surface area contributed by atoms with Crippen LogP contribution in [-0.4, -0.2) is 42.7 Å². The van der Waals surface area contributed by atoms with Gasteiger partial charge in [-0.15, -0.1) is 5.10 Å². The van der Waals surface area contributed by atoms with Gasteiger partial charge in [-0.25, -0.2) is 4.68 Å². The zero-order valence-corrected chi connectivity index (χ0v) is 15.5. The first kappa shape index (κ1) is 18.2. The number of aliphatic hydroxyl groups is 1. The number of hydrogen-bond donors (Lipinski definition) is 4. The highest BCUT2D eigenvalue weighted by Crippen LogP contribution is 2.27. The van der Waals surface area contributed by atoms with Gasteiger partial charge in [0.25, 0.3) is 0 Å². The zero-order valence-electron chi connectivity index (χ0n) is 14.7. The van der Waals surface area contributed by atoms with Gasteiger partial charge in [0.2, 0.25) is 5.95 Å². The van der Waals surface area contributed by atoms with E-state index in [4.69, 9.17) is 17.3 Å². The van der Waals surface area contributed by atoms with Gasteiger partial charge in [0.05, 0.1) is 23.4 Å². The lowest BCUT2D eigenvalue weighted by atomic mass is 10.1. The number of nitrogens with one attached hydrogen (secondary N) is 2. The topological polar surface area (TPSA) is 127 Å². The van der Waals surface area contributed by atoms with Gasteiger partial charge in [-0.05, 0) is 24.1 Å². The van der Waals surface area contributed by atoms with Crippen LogP contribution in [0.15, 0.2) is 18.2 Å². The van der Waals surface area contributed by atoms with E-state index in [1.165, 1.54) is 0 Å². The van der Waals surface area contributed by atoms with Crippen molar-refractivity contribution in [3.63, 3.8) is 0 Å². The minimum Gasteiger partial charge on any atom is -0.397 e. The van der Waals surface area contributed by atoms with Crippen LogP contribution >= 0.6 is 11.6 Å². The largest absolute Gasteiger partial charge is 0.397 e. The van der Waals surface area contributed by atoms with Gasteiger partial charge >= 0.3 is 0 Å². The average Bonchev–Trinajstić information content (AvgIpc) is 2.97. The molecule has 10 heteroatoms. The molecule has 5 N–H and O–H groups in total. The quantitative estimate of drug-likeness (QED) is 0.482. The molecule has 138 valence electrons. The number of halogens is 1. The summed E-state index contributed by atoms with van der Waals surface area (Å²) in [7, 11) is 1.75. The van der Waals surface area contributed by atoms with E-state index in [-0.39, 0.29) is 18.6 Å². The maximum absolute atomic E-state index is 9.56. The van der Waals surface area contributed by atoms with Gasteiger partial charge in [0.1, 0.15) is 0 Å². The smallest absolute Gasteiger partial charge is 0.227 e. The average molecular weight is 377 g/mol. The Balaban J connectivity index is 2.01. The number of benzene rings is 1. The first-order valence-electron chi connectivity index (χ1n) is 8.16. The summed E-state index contributed by atoms with van der Waals surface area (Å²) in [5.41, 5.74) is 8.12. The number of fused-ring (bicyclic) bond motifs is 1. The maximum Gasteiger partial charge on any atom is 0.227 e. The van der Waals surface area contributed by atoms with Crippen LogP contribution in [0.1, 0.15) is 13.8 Å². The van der Waals surface area contributed by atoms with E-state index in [2.05, 4.69) is 30.9 Å². The molecule has 2 aromatic heterocycles. The molecule has 0 saturated heterocycles. The molecule has 0 unspecified atom stereocenters. The summed E-state index contributed by atoms with van der Waals surface area (Å²) < 4.78 is 1.56. The van der Waals surface area contributed by atoms with Crippen molar-refractivity contribution in [3.05, 3.63) is 23.2 Å². The van der Waals surface area contributed by atoms with Gasteiger partial charge < -0.3 is 21.5 Å². The predicted octanol–water partition coefficient (Wildman–Crippen LogP) is 2.17. The molecular formula is C16H21ClN8O. The Hall–Kier alpha value is -2.65. The Morgan fingerprint density at radius 2 is 2.08 bits per heavy atom. The summed E-state index contributed by atoms with van der Waals surface area (Å²) in [5, 5.41) is 24.5. The highest BCUT2D eigenvalue weighted by molar-refractivity contribution is 6.33. The van der Waals surface area contributed by atoms with E-state index in [9.17, 15) is 5.11 Å². The summed E-state index contributed by atoms with van der Waals surface area (Å²) in [4.78, 5) is 8.96. The van der Waals surface area contributed by atoms with Gasteiger partial charge in [-0.1, -0.05) is 30.7 Å². The first-order valence-corrected chi connectivity index (χ1v) is 8.53. The van der Waals surface area contributed by atoms with Crippen molar-refractivity contribution in [2.24, 2.45) is 13.0 Å². The number of nitrogens with zero attached hydrogens (tertiary/aromatic N) is 5. The molecule has 3 aromatic rings. The van der Waals surface area contributed by atoms with Crippen molar-refractivity contribution in [1.29, 1.82) is 0 Å². The normalized spacial score (nSPS) is 12.5. The van der Waals surface area contributed by atoms with E-state index in [1.807, 2.05) is 13.8 Å². The number of nitrogen functional groups attached to an aromatic ring is 1. The number of hydrogen-bond acceptors (Lipinski definition) is 8. The molecule has 0 saturated carbocycles. The van der Waals surface area contributed by atoms with Crippen molar-refractivity contribution in [3.8, 4) is 0 Å². The van der Waals surface area contributed by atoms with Crippen LogP contribution in [0.5, 0.6) is 0 Å². The van der Waals surface area contributed by atoms with Crippen LogP contribution in [0, 0.1) is 5.92 Å². The molecule has 2 heterocycles. The molecule has 0 radical (unpaired) electrons. The molecular weight excluding hydrogens is 356 g/mol. The molecule has 0 bridgehead atoms. The molecule has 9 nitrogen and oxygen atoms in total. The van der Waals surface area contributed by atoms with Gasteiger partial charge in [-0.2, -0.15) is 9.97 Å². The Morgan fingerprint density at radius 1 is 1.31 bits per heavy atom. The van der Waals surface area contributed by atoms with E-state index in [0.29, 0.717) is 39.3 Å². The SMILES string of the molecule is CC(C)[C@H](CO)Nc1nc(Nc2ccc(Cl)c(N)c2)c2nnn(C)c2n1. The predicted molar refractivity (Wildman–Crippen MR) is 103 cm³/mol. The zero-order chi connectivity index (χ0) is 18.8. The lowest BCUT2D eigenvalue weighted by Crippen LogP contribution is -2.30. The molecule has 3 rings (SSSR count). The third kappa shape index (κ3) is 3.63.